The highest BCUT2D eigenvalue weighted by atomic mass is 16.7. The Labute approximate surface area is 225 Å². The third-order valence-corrected chi connectivity index (χ3v) is 7.21. The second-order valence-corrected chi connectivity index (χ2v) is 9.86. The quantitative estimate of drug-likeness (QED) is 0.478. The molecule has 3 aliphatic heterocycles. The first-order valence-electron chi connectivity index (χ1n) is 13.2. The minimum Gasteiger partial charge on any atom is -0.454 e. The van der Waals surface area contributed by atoms with Crippen molar-refractivity contribution in [3.05, 3.63) is 54.2 Å². The van der Waals surface area contributed by atoms with E-state index < -0.39 is 12.1 Å². The van der Waals surface area contributed by atoms with Gasteiger partial charge < -0.3 is 29.3 Å². The number of carbonyl (C=O) groups excluding carboxylic acids is 2. The number of aryl methyl sites for hydroxylation is 1. The predicted octanol–water partition coefficient (Wildman–Crippen LogP) is 1.25. The van der Waals surface area contributed by atoms with Crippen molar-refractivity contribution in [2.24, 2.45) is 0 Å². The normalized spacial score (nSPS) is 20.3. The fourth-order valence-corrected chi connectivity index (χ4v) is 5.17. The number of fused-ring (bicyclic) bond motifs is 1. The predicted molar refractivity (Wildman–Crippen MR) is 140 cm³/mol. The van der Waals surface area contributed by atoms with E-state index >= 15 is 0 Å². The highest BCUT2D eigenvalue weighted by Crippen LogP contribution is 2.32. The molecular weight excluding hydrogens is 502 g/mol. The largest absolute Gasteiger partial charge is 0.454 e. The lowest BCUT2D eigenvalue weighted by Crippen LogP contribution is -2.62. The SMILES string of the molecule is Cc1cc(N2CCN(C(=O)C3CCCO3)C(C(=O)NCCc3ccc4c(c3)OCO4)C2)nc(-n2ccnc2)n1. The Hall–Kier alpha value is -4.19. The Bertz CT molecular complexity index is 1340. The Balaban J connectivity index is 1.18. The van der Waals surface area contributed by atoms with Crippen molar-refractivity contribution >= 4 is 17.6 Å². The molecule has 6 rings (SSSR count). The third-order valence-electron chi connectivity index (χ3n) is 7.21. The van der Waals surface area contributed by atoms with Crippen LogP contribution >= 0.6 is 0 Å². The summed E-state index contributed by atoms with van der Waals surface area (Å²) in [6, 6.07) is 6.98. The molecule has 0 bridgehead atoms. The van der Waals surface area contributed by atoms with Gasteiger partial charge in [-0.3, -0.25) is 14.2 Å². The lowest BCUT2D eigenvalue weighted by atomic mass is 10.1. The molecule has 0 aliphatic carbocycles. The van der Waals surface area contributed by atoms with Crippen LogP contribution in [0.15, 0.2) is 43.0 Å². The smallest absolute Gasteiger partial charge is 0.252 e. The van der Waals surface area contributed by atoms with Crippen LogP contribution in [0.5, 0.6) is 11.5 Å². The van der Waals surface area contributed by atoms with Crippen LogP contribution < -0.4 is 19.7 Å². The topological polar surface area (TPSA) is 124 Å². The first-order chi connectivity index (χ1) is 19.0. The average Bonchev–Trinajstić information content (AvgIpc) is 3.74. The fraction of sp³-hybridized carbons (Fsp3) is 0.444. The summed E-state index contributed by atoms with van der Waals surface area (Å²) in [5.74, 6) is 2.32. The molecular formula is C27H31N7O5. The summed E-state index contributed by atoms with van der Waals surface area (Å²) in [6.45, 7) is 4.37. The zero-order valence-corrected chi connectivity index (χ0v) is 21.8. The molecule has 0 radical (unpaired) electrons. The van der Waals surface area contributed by atoms with Crippen molar-refractivity contribution in [2.45, 2.75) is 38.3 Å². The number of hydrogen-bond donors (Lipinski definition) is 1. The van der Waals surface area contributed by atoms with Gasteiger partial charge in [0.1, 0.15) is 24.3 Å². The number of piperazine rings is 1. The number of rotatable bonds is 7. The molecule has 3 aliphatic rings. The van der Waals surface area contributed by atoms with Gasteiger partial charge in [-0.25, -0.2) is 9.97 Å². The van der Waals surface area contributed by atoms with Gasteiger partial charge in [0.05, 0.1) is 0 Å². The van der Waals surface area contributed by atoms with Gasteiger partial charge >= 0.3 is 0 Å². The van der Waals surface area contributed by atoms with Crippen molar-refractivity contribution in [2.75, 3.05) is 44.5 Å². The number of amides is 2. The monoisotopic (exact) mass is 533 g/mol. The molecule has 1 aromatic carbocycles. The van der Waals surface area contributed by atoms with Crippen LogP contribution in [0.2, 0.25) is 0 Å². The van der Waals surface area contributed by atoms with Crippen LogP contribution in [0.25, 0.3) is 5.95 Å². The summed E-state index contributed by atoms with van der Waals surface area (Å²) < 4.78 is 18.2. The molecule has 0 spiro atoms. The first-order valence-corrected chi connectivity index (χ1v) is 13.2. The molecule has 2 fully saturated rings. The Morgan fingerprint density at radius 2 is 2.03 bits per heavy atom. The van der Waals surface area contributed by atoms with E-state index in [4.69, 9.17) is 19.2 Å². The molecule has 2 unspecified atom stereocenters. The molecule has 2 amide bonds. The summed E-state index contributed by atoms with van der Waals surface area (Å²) >= 11 is 0. The van der Waals surface area contributed by atoms with Gasteiger partial charge in [0.15, 0.2) is 11.5 Å². The minimum absolute atomic E-state index is 0.124. The fourth-order valence-electron chi connectivity index (χ4n) is 5.17. The standard InChI is InChI=1S/C27H31N7O5/c1-18-13-24(31-27(30-18)33-9-8-28-16-33)32-10-11-34(26(36)22-3-2-12-37-22)20(15-32)25(35)29-7-6-19-4-5-21-23(14-19)39-17-38-21/h4-5,8-9,13-14,16,20,22H,2-3,6-7,10-12,15,17H2,1H3,(H,29,35). The number of nitrogens with one attached hydrogen (secondary N) is 1. The summed E-state index contributed by atoms with van der Waals surface area (Å²) in [6.07, 6.45) is 6.76. The van der Waals surface area contributed by atoms with Crippen LogP contribution in [-0.2, 0) is 20.7 Å². The molecule has 204 valence electrons. The van der Waals surface area contributed by atoms with Gasteiger partial charge in [-0.2, -0.15) is 4.98 Å². The number of ether oxygens (including phenoxy) is 3. The van der Waals surface area contributed by atoms with E-state index in [-0.39, 0.29) is 18.6 Å². The van der Waals surface area contributed by atoms with Gasteiger partial charge in [0.2, 0.25) is 18.6 Å². The van der Waals surface area contributed by atoms with E-state index in [2.05, 4.69) is 15.3 Å². The molecule has 39 heavy (non-hydrogen) atoms. The summed E-state index contributed by atoms with van der Waals surface area (Å²) in [5, 5.41) is 3.04. The van der Waals surface area contributed by atoms with Crippen LogP contribution in [0.1, 0.15) is 24.1 Å². The van der Waals surface area contributed by atoms with Crippen molar-refractivity contribution in [1.82, 2.24) is 29.7 Å². The minimum atomic E-state index is -0.681. The lowest BCUT2D eigenvalue weighted by molar-refractivity contribution is -0.148. The zero-order chi connectivity index (χ0) is 26.8. The highest BCUT2D eigenvalue weighted by molar-refractivity contribution is 5.90. The van der Waals surface area contributed by atoms with Gasteiger partial charge in [0, 0.05) is 56.9 Å². The second kappa shape index (κ2) is 10.9. The second-order valence-electron chi connectivity index (χ2n) is 9.86. The maximum atomic E-state index is 13.5. The Morgan fingerprint density at radius 1 is 1.13 bits per heavy atom. The molecule has 2 saturated heterocycles. The molecule has 0 saturated carbocycles. The number of aromatic nitrogens is 4. The molecule has 3 aromatic rings. The summed E-state index contributed by atoms with van der Waals surface area (Å²) in [4.78, 5) is 44.0. The lowest BCUT2D eigenvalue weighted by Gasteiger charge is -2.41. The Morgan fingerprint density at radius 3 is 2.85 bits per heavy atom. The van der Waals surface area contributed by atoms with Crippen LogP contribution in [0.4, 0.5) is 5.82 Å². The van der Waals surface area contributed by atoms with E-state index in [9.17, 15) is 9.59 Å². The number of imidazole rings is 1. The van der Waals surface area contributed by atoms with E-state index in [0.717, 1.165) is 23.4 Å². The summed E-state index contributed by atoms with van der Waals surface area (Å²) in [7, 11) is 0. The molecule has 2 aromatic heterocycles. The van der Waals surface area contributed by atoms with E-state index in [1.165, 1.54) is 0 Å². The molecule has 12 nitrogen and oxygen atoms in total. The summed E-state index contributed by atoms with van der Waals surface area (Å²) in [5.41, 5.74) is 1.83. The zero-order valence-electron chi connectivity index (χ0n) is 21.8. The average molecular weight is 534 g/mol. The van der Waals surface area contributed by atoms with Crippen molar-refractivity contribution in [3.63, 3.8) is 0 Å². The molecule has 2 atom stereocenters. The van der Waals surface area contributed by atoms with Gasteiger partial charge in [-0.05, 0) is 43.9 Å². The van der Waals surface area contributed by atoms with E-state index in [1.807, 2.05) is 36.1 Å². The van der Waals surface area contributed by atoms with Crippen LogP contribution in [0.3, 0.4) is 0 Å². The molecule has 5 heterocycles. The van der Waals surface area contributed by atoms with E-state index in [0.29, 0.717) is 63.1 Å². The first kappa shape index (κ1) is 25.1. The number of anilines is 1. The van der Waals surface area contributed by atoms with Gasteiger partial charge in [-0.1, -0.05) is 6.07 Å². The van der Waals surface area contributed by atoms with Crippen molar-refractivity contribution < 1.29 is 23.8 Å². The number of hydrogen-bond acceptors (Lipinski definition) is 9. The van der Waals surface area contributed by atoms with Crippen LogP contribution in [0, 0.1) is 6.92 Å². The number of nitrogens with zero attached hydrogens (tertiary/aromatic N) is 6. The van der Waals surface area contributed by atoms with Gasteiger partial charge in [0.25, 0.3) is 5.91 Å². The Kier molecular flexibility index (Phi) is 7.01. The maximum Gasteiger partial charge on any atom is 0.252 e. The van der Waals surface area contributed by atoms with Crippen molar-refractivity contribution in [3.8, 4) is 17.4 Å². The van der Waals surface area contributed by atoms with E-state index in [1.54, 1.807) is 28.2 Å². The van der Waals surface area contributed by atoms with Crippen LogP contribution in [-0.4, -0.2) is 88.0 Å². The number of carbonyl (C=O) groups is 2. The molecule has 1 N–H and O–H groups in total. The number of benzene rings is 1. The maximum absolute atomic E-state index is 13.5. The molecule has 12 heteroatoms. The van der Waals surface area contributed by atoms with Gasteiger partial charge in [-0.15, -0.1) is 0 Å². The third kappa shape index (κ3) is 5.37. The van der Waals surface area contributed by atoms with Crippen molar-refractivity contribution in [1.29, 1.82) is 0 Å². The highest BCUT2D eigenvalue weighted by Gasteiger charge is 2.39.